The minimum Gasteiger partial charge on any atom is -0.497 e. The van der Waals surface area contributed by atoms with E-state index in [1.54, 1.807) is 44.4 Å². The Labute approximate surface area is 183 Å². The molecule has 31 heavy (non-hydrogen) atoms. The minimum absolute atomic E-state index is 0.00900. The Morgan fingerprint density at radius 2 is 1.97 bits per heavy atom. The summed E-state index contributed by atoms with van der Waals surface area (Å²) in [6, 6.07) is 15.2. The van der Waals surface area contributed by atoms with Gasteiger partial charge >= 0.3 is 0 Å². The lowest BCUT2D eigenvalue weighted by Gasteiger charge is -2.20. The Morgan fingerprint density at radius 3 is 2.68 bits per heavy atom. The first-order valence-corrected chi connectivity index (χ1v) is 12.0. The van der Waals surface area contributed by atoms with Crippen molar-refractivity contribution in [1.29, 1.82) is 0 Å². The van der Waals surface area contributed by atoms with Crippen LogP contribution in [0.2, 0.25) is 0 Å². The topological polar surface area (TPSA) is 89.7 Å². The van der Waals surface area contributed by atoms with Gasteiger partial charge < -0.3 is 9.15 Å². The summed E-state index contributed by atoms with van der Waals surface area (Å²) in [4.78, 5) is 19.7. The predicted molar refractivity (Wildman–Crippen MR) is 120 cm³/mol. The Balaban J connectivity index is 1.82. The molecule has 7 nitrogen and oxygen atoms in total. The molecule has 0 radical (unpaired) electrons. The lowest BCUT2D eigenvalue weighted by molar-refractivity contribution is 0.0980. The van der Waals surface area contributed by atoms with E-state index in [0.29, 0.717) is 22.2 Å². The first-order valence-electron chi connectivity index (χ1n) is 9.53. The van der Waals surface area contributed by atoms with Crippen LogP contribution in [0.3, 0.4) is 0 Å². The van der Waals surface area contributed by atoms with E-state index in [1.165, 1.54) is 34.6 Å². The number of amides is 1. The van der Waals surface area contributed by atoms with Crippen LogP contribution in [0.5, 0.6) is 5.75 Å². The number of ether oxygens (including phenoxy) is 1. The van der Waals surface area contributed by atoms with Crippen LogP contribution < -0.4 is 9.64 Å². The highest BCUT2D eigenvalue weighted by molar-refractivity contribution is 7.91. The lowest BCUT2D eigenvalue weighted by Crippen LogP contribution is -2.31. The molecule has 0 aliphatic carbocycles. The summed E-state index contributed by atoms with van der Waals surface area (Å²) in [5.41, 5.74) is 0.820. The Hall–Kier alpha value is -3.17. The minimum atomic E-state index is -3.59. The van der Waals surface area contributed by atoms with Crippen molar-refractivity contribution in [1.82, 2.24) is 4.98 Å². The van der Waals surface area contributed by atoms with Crippen LogP contribution in [0.25, 0.3) is 10.2 Å². The number of carbonyl (C=O) groups excluding carboxylic acids is 1. The van der Waals surface area contributed by atoms with Crippen molar-refractivity contribution in [3.63, 3.8) is 0 Å². The van der Waals surface area contributed by atoms with E-state index in [1.807, 2.05) is 12.1 Å². The standard InChI is InChI=1S/C22H20N2O5S2/c1-3-31(26,27)20-9-5-4-8-17(20)21(25)24(14-16-7-6-12-29-16)22-23-18-11-10-15(28-2)13-19(18)30-22/h4-13H,3,14H2,1-2H3. The van der Waals surface area contributed by atoms with Gasteiger partial charge in [-0.25, -0.2) is 13.4 Å². The summed E-state index contributed by atoms with van der Waals surface area (Å²) in [6.07, 6.45) is 1.52. The Bertz CT molecular complexity index is 1330. The summed E-state index contributed by atoms with van der Waals surface area (Å²) in [6.45, 7) is 1.67. The maximum Gasteiger partial charge on any atom is 0.261 e. The molecule has 4 aromatic rings. The van der Waals surface area contributed by atoms with Gasteiger partial charge in [-0.1, -0.05) is 30.4 Å². The average molecular weight is 457 g/mol. The van der Waals surface area contributed by atoms with Crippen LogP contribution in [-0.2, 0) is 16.4 Å². The van der Waals surface area contributed by atoms with Crippen LogP contribution in [0, 0.1) is 0 Å². The fourth-order valence-electron chi connectivity index (χ4n) is 3.14. The Morgan fingerprint density at radius 1 is 1.16 bits per heavy atom. The summed E-state index contributed by atoms with van der Waals surface area (Å²) in [5, 5.41) is 0.438. The lowest BCUT2D eigenvalue weighted by atomic mass is 10.2. The van der Waals surface area contributed by atoms with Gasteiger partial charge in [-0.15, -0.1) is 0 Å². The second-order valence-corrected chi connectivity index (χ2v) is 9.96. The largest absolute Gasteiger partial charge is 0.497 e. The summed E-state index contributed by atoms with van der Waals surface area (Å²) in [5.74, 6) is 0.679. The zero-order chi connectivity index (χ0) is 22.0. The number of aromatic nitrogens is 1. The molecule has 2 aromatic heterocycles. The molecule has 4 rings (SSSR count). The van der Waals surface area contributed by atoms with E-state index >= 15 is 0 Å². The molecule has 0 bridgehead atoms. The van der Waals surface area contributed by atoms with Gasteiger partial charge in [0.2, 0.25) is 0 Å². The van der Waals surface area contributed by atoms with Crippen LogP contribution in [-0.4, -0.2) is 32.2 Å². The Kier molecular flexibility index (Phi) is 5.79. The number of sulfone groups is 1. The first kappa shape index (κ1) is 21.1. The quantitative estimate of drug-likeness (QED) is 0.406. The van der Waals surface area contributed by atoms with Crippen LogP contribution >= 0.6 is 11.3 Å². The number of rotatable bonds is 7. The average Bonchev–Trinajstić information content (AvgIpc) is 3.45. The number of fused-ring (bicyclic) bond motifs is 1. The van der Waals surface area contributed by atoms with E-state index in [2.05, 4.69) is 4.98 Å². The van der Waals surface area contributed by atoms with Gasteiger partial charge in [-0.2, -0.15) is 0 Å². The number of carbonyl (C=O) groups is 1. The molecule has 1 amide bonds. The predicted octanol–water partition coefficient (Wildman–Crippen LogP) is 4.54. The number of methoxy groups -OCH3 is 1. The van der Waals surface area contributed by atoms with Crippen molar-refractivity contribution >= 4 is 42.4 Å². The van der Waals surface area contributed by atoms with Crippen molar-refractivity contribution in [2.75, 3.05) is 17.8 Å². The molecule has 0 unspecified atom stereocenters. The number of benzene rings is 2. The van der Waals surface area contributed by atoms with E-state index in [4.69, 9.17) is 9.15 Å². The molecular formula is C22H20N2O5S2. The summed E-state index contributed by atoms with van der Waals surface area (Å²) >= 11 is 1.32. The smallest absolute Gasteiger partial charge is 0.261 e. The second-order valence-electron chi connectivity index (χ2n) is 6.70. The molecule has 0 N–H and O–H groups in total. The molecule has 0 saturated carbocycles. The monoisotopic (exact) mass is 456 g/mol. The summed E-state index contributed by atoms with van der Waals surface area (Å²) < 4.78 is 36.8. The maximum atomic E-state index is 13.6. The molecule has 9 heteroatoms. The molecule has 0 atom stereocenters. The third-order valence-corrected chi connectivity index (χ3v) is 7.61. The normalized spacial score (nSPS) is 11.5. The molecule has 0 aliphatic heterocycles. The van der Waals surface area contributed by atoms with E-state index in [9.17, 15) is 13.2 Å². The number of anilines is 1. The van der Waals surface area contributed by atoms with Crippen LogP contribution in [0.1, 0.15) is 23.0 Å². The van der Waals surface area contributed by atoms with Gasteiger partial charge in [0.1, 0.15) is 11.5 Å². The highest BCUT2D eigenvalue weighted by Crippen LogP contribution is 2.33. The number of hydrogen-bond donors (Lipinski definition) is 0. The fraction of sp³-hybridized carbons (Fsp3) is 0.182. The van der Waals surface area contributed by atoms with Gasteiger partial charge in [0.25, 0.3) is 5.91 Å². The number of nitrogens with zero attached hydrogens (tertiary/aromatic N) is 2. The highest BCUT2D eigenvalue weighted by atomic mass is 32.2. The second kappa shape index (κ2) is 8.52. The third kappa shape index (κ3) is 4.19. The molecule has 0 spiro atoms. The van der Waals surface area contributed by atoms with Crippen molar-refractivity contribution in [2.45, 2.75) is 18.4 Å². The summed E-state index contributed by atoms with van der Waals surface area (Å²) in [7, 11) is -2.01. The van der Waals surface area contributed by atoms with Crippen molar-refractivity contribution in [3.8, 4) is 5.75 Å². The van der Waals surface area contributed by atoms with E-state index in [0.717, 1.165) is 4.70 Å². The fourth-order valence-corrected chi connectivity index (χ4v) is 5.21. The highest BCUT2D eigenvalue weighted by Gasteiger charge is 2.28. The van der Waals surface area contributed by atoms with Crippen LogP contribution in [0.15, 0.2) is 70.2 Å². The SMILES string of the molecule is CCS(=O)(=O)c1ccccc1C(=O)N(Cc1ccco1)c1nc2ccc(OC)cc2s1. The van der Waals surface area contributed by atoms with Gasteiger partial charge in [-0.3, -0.25) is 9.69 Å². The van der Waals surface area contributed by atoms with Crippen molar-refractivity contribution in [2.24, 2.45) is 0 Å². The number of thiazole rings is 1. The zero-order valence-electron chi connectivity index (χ0n) is 16.9. The third-order valence-electron chi connectivity index (χ3n) is 4.79. The van der Waals surface area contributed by atoms with Crippen molar-refractivity contribution < 1.29 is 22.4 Å². The first-order chi connectivity index (χ1) is 14.9. The molecule has 0 saturated heterocycles. The maximum absolute atomic E-state index is 13.6. The van der Waals surface area contributed by atoms with Crippen molar-refractivity contribution in [3.05, 3.63) is 72.2 Å². The molecule has 0 aliphatic rings. The van der Waals surface area contributed by atoms with Gasteiger partial charge in [-0.05, 0) is 42.5 Å². The van der Waals surface area contributed by atoms with Gasteiger partial charge in [0.05, 0.1) is 46.3 Å². The number of furan rings is 1. The molecule has 0 fully saturated rings. The molecule has 160 valence electrons. The van der Waals surface area contributed by atoms with Gasteiger partial charge in [0.15, 0.2) is 15.0 Å². The molecular weight excluding hydrogens is 436 g/mol. The van der Waals surface area contributed by atoms with Gasteiger partial charge in [0, 0.05) is 0 Å². The van der Waals surface area contributed by atoms with E-state index < -0.39 is 15.7 Å². The van der Waals surface area contributed by atoms with E-state index in [-0.39, 0.29) is 22.8 Å². The molecule has 2 heterocycles. The number of hydrogen-bond acceptors (Lipinski definition) is 7. The zero-order valence-corrected chi connectivity index (χ0v) is 18.6. The van der Waals surface area contributed by atoms with Crippen LogP contribution in [0.4, 0.5) is 5.13 Å². The molecule has 2 aromatic carbocycles.